The van der Waals surface area contributed by atoms with Crippen LogP contribution in [0.15, 0.2) is 12.1 Å². The van der Waals surface area contributed by atoms with Crippen LogP contribution in [-0.4, -0.2) is 18.1 Å². The molecule has 1 aliphatic rings. The van der Waals surface area contributed by atoms with E-state index in [9.17, 15) is 0 Å². The molecule has 1 aromatic rings. The monoisotopic (exact) mass is 233 g/mol. The van der Waals surface area contributed by atoms with Gasteiger partial charge in [-0.25, -0.2) is 4.98 Å². The minimum atomic E-state index is 0.573. The van der Waals surface area contributed by atoms with E-state index < -0.39 is 0 Å². The molecule has 17 heavy (non-hydrogen) atoms. The number of nitrogens with zero attached hydrogens (tertiary/aromatic N) is 2. The standard InChI is InChI=1S/C14H23N3/c1-3-17(10-12-5-4-6-12)14-13(9-15)8-7-11(2)16-14/h7-8,12H,3-6,9-10,15H2,1-2H3. The van der Waals surface area contributed by atoms with Gasteiger partial charge in [0.1, 0.15) is 5.82 Å². The lowest BCUT2D eigenvalue weighted by Crippen LogP contribution is -2.34. The number of aromatic nitrogens is 1. The molecule has 2 N–H and O–H groups in total. The van der Waals surface area contributed by atoms with Gasteiger partial charge < -0.3 is 10.6 Å². The largest absolute Gasteiger partial charge is 0.356 e. The Morgan fingerprint density at radius 1 is 1.41 bits per heavy atom. The number of nitrogens with two attached hydrogens (primary N) is 1. The molecule has 0 radical (unpaired) electrons. The van der Waals surface area contributed by atoms with Crippen molar-refractivity contribution in [2.45, 2.75) is 39.7 Å². The van der Waals surface area contributed by atoms with E-state index in [1.165, 1.54) is 19.3 Å². The fourth-order valence-electron chi connectivity index (χ4n) is 2.36. The highest BCUT2D eigenvalue weighted by Gasteiger charge is 2.21. The summed E-state index contributed by atoms with van der Waals surface area (Å²) in [5.41, 5.74) is 8.04. The molecular formula is C14H23N3. The number of hydrogen-bond donors (Lipinski definition) is 1. The maximum atomic E-state index is 5.80. The molecule has 0 amide bonds. The molecule has 0 spiro atoms. The number of hydrogen-bond acceptors (Lipinski definition) is 3. The lowest BCUT2D eigenvalue weighted by atomic mass is 9.85. The van der Waals surface area contributed by atoms with E-state index in [-0.39, 0.29) is 0 Å². The minimum Gasteiger partial charge on any atom is -0.356 e. The SMILES string of the molecule is CCN(CC1CCC1)c1nc(C)ccc1CN. The maximum absolute atomic E-state index is 5.80. The lowest BCUT2D eigenvalue weighted by Gasteiger charge is -2.33. The Kier molecular flexibility index (Phi) is 4.00. The Balaban J connectivity index is 2.18. The van der Waals surface area contributed by atoms with E-state index in [0.29, 0.717) is 6.54 Å². The number of anilines is 1. The van der Waals surface area contributed by atoms with Crippen molar-refractivity contribution in [2.24, 2.45) is 11.7 Å². The molecule has 2 rings (SSSR count). The zero-order chi connectivity index (χ0) is 12.3. The van der Waals surface area contributed by atoms with Gasteiger partial charge in [-0.05, 0) is 38.7 Å². The molecule has 0 bridgehead atoms. The average molecular weight is 233 g/mol. The minimum absolute atomic E-state index is 0.573. The van der Waals surface area contributed by atoms with Gasteiger partial charge in [-0.3, -0.25) is 0 Å². The molecule has 94 valence electrons. The first-order valence-electron chi connectivity index (χ1n) is 6.66. The molecule has 3 heteroatoms. The second-order valence-electron chi connectivity index (χ2n) is 4.98. The van der Waals surface area contributed by atoms with Crippen LogP contribution < -0.4 is 10.6 Å². The molecule has 0 saturated heterocycles. The topological polar surface area (TPSA) is 42.2 Å². The molecule has 1 aromatic heterocycles. The third-order valence-electron chi connectivity index (χ3n) is 3.70. The highest BCUT2D eigenvalue weighted by molar-refractivity contribution is 5.47. The fraction of sp³-hybridized carbons (Fsp3) is 0.643. The summed E-state index contributed by atoms with van der Waals surface area (Å²) >= 11 is 0. The Hall–Kier alpha value is -1.09. The van der Waals surface area contributed by atoms with Gasteiger partial charge in [-0.1, -0.05) is 12.5 Å². The van der Waals surface area contributed by atoms with Gasteiger partial charge in [0.15, 0.2) is 0 Å². The van der Waals surface area contributed by atoms with Crippen LogP contribution in [0, 0.1) is 12.8 Å². The average Bonchev–Trinajstić information content (AvgIpc) is 2.28. The van der Waals surface area contributed by atoms with Crippen molar-refractivity contribution in [1.82, 2.24) is 4.98 Å². The van der Waals surface area contributed by atoms with E-state index in [1.54, 1.807) is 0 Å². The third-order valence-corrected chi connectivity index (χ3v) is 3.70. The van der Waals surface area contributed by atoms with Crippen molar-refractivity contribution in [3.8, 4) is 0 Å². The van der Waals surface area contributed by atoms with Crippen LogP contribution in [0.1, 0.15) is 37.4 Å². The lowest BCUT2D eigenvalue weighted by molar-refractivity contribution is 0.318. The summed E-state index contributed by atoms with van der Waals surface area (Å²) in [5, 5.41) is 0. The van der Waals surface area contributed by atoms with E-state index in [1.807, 2.05) is 13.0 Å². The van der Waals surface area contributed by atoms with Gasteiger partial charge in [0.25, 0.3) is 0 Å². The summed E-state index contributed by atoms with van der Waals surface area (Å²) < 4.78 is 0. The quantitative estimate of drug-likeness (QED) is 0.849. The van der Waals surface area contributed by atoms with Crippen molar-refractivity contribution in [3.05, 3.63) is 23.4 Å². The van der Waals surface area contributed by atoms with Gasteiger partial charge in [-0.2, -0.15) is 0 Å². The van der Waals surface area contributed by atoms with Crippen LogP contribution in [0.3, 0.4) is 0 Å². The Morgan fingerprint density at radius 2 is 2.18 bits per heavy atom. The summed E-state index contributed by atoms with van der Waals surface area (Å²) in [4.78, 5) is 7.06. The molecule has 0 atom stereocenters. The molecule has 1 fully saturated rings. The summed E-state index contributed by atoms with van der Waals surface area (Å²) in [6.45, 7) is 6.97. The molecule has 0 unspecified atom stereocenters. The van der Waals surface area contributed by atoms with Crippen molar-refractivity contribution in [2.75, 3.05) is 18.0 Å². The van der Waals surface area contributed by atoms with Crippen LogP contribution >= 0.6 is 0 Å². The van der Waals surface area contributed by atoms with Crippen molar-refractivity contribution >= 4 is 5.82 Å². The predicted molar refractivity (Wildman–Crippen MR) is 72.1 cm³/mol. The first-order valence-corrected chi connectivity index (χ1v) is 6.66. The zero-order valence-electron chi connectivity index (χ0n) is 10.9. The molecule has 1 aliphatic carbocycles. The van der Waals surface area contributed by atoms with Crippen LogP contribution in [-0.2, 0) is 6.54 Å². The second-order valence-corrected chi connectivity index (χ2v) is 4.98. The highest BCUT2D eigenvalue weighted by atomic mass is 15.2. The first kappa shape index (κ1) is 12.4. The highest BCUT2D eigenvalue weighted by Crippen LogP contribution is 2.29. The van der Waals surface area contributed by atoms with E-state index in [0.717, 1.165) is 36.1 Å². The van der Waals surface area contributed by atoms with E-state index in [4.69, 9.17) is 5.73 Å². The van der Waals surface area contributed by atoms with Gasteiger partial charge in [0, 0.05) is 30.9 Å². The fourth-order valence-corrected chi connectivity index (χ4v) is 2.36. The summed E-state index contributed by atoms with van der Waals surface area (Å²) in [7, 11) is 0. The molecule has 0 aliphatic heterocycles. The second kappa shape index (κ2) is 5.50. The Morgan fingerprint density at radius 3 is 2.71 bits per heavy atom. The molecule has 0 aromatic carbocycles. The summed E-state index contributed by atoms with van der Waals surface area (Å²) in [5.74, 6) is 1.96. The molecule has 1 saturated carbocycles. The number of rotatable bonds is 5. The van der Waals surface area contributed by atoms with Gasteiger partial charge in [0.2, 0.25) is 0 Å². The van der Waals surface area contributed by atoms with Crippen LogP contribution in [0.4, 0.5) is 5.82 Å². The van der Waals surface area contributed by atoms with Crippen LogP contribution in [0.5, 0.6) is 0 Å². The van der Waals surface area contributed by atoms with Gasteiger partial charge >= 0.3 is 0 Å². The summed E-state index contributed by atoms with van der Waals surface area (Å²) in [6, 6.07) is 4.16. The Bertz CT molecular complexity index is 372. The number of pyridine rings is 1. The van der Waals surface area contributed by atoms with Crippen LogP contribution in [0.2, 0.25) is 0 Å². The molecule has 1 heterocycles. The predicted octanol–water partition coefficient (Wildman–Crippen LogP) is 2.48. The normalized spacial score (nSPS) is 15.7. The van der Waals surface area contributed by atoms with Crippen molar-refractivity contribution in [3.63, 3.8) is 0 Å². The third kappa shape index (κ3) is 2.78. The maximum Gasteiger partial charge on any atom is 0.133 e. The molecular weight excluding hydrogens is 210 g/mol. The van der Waals surface area contributed by atoms with E-state index >= 15 is 0 Å². The van der Waals surface area contributed by atoms with E-state index in [2.05, 4.69) is 22.9 Å². The Labute approximate surface area is 104 Å². The van der Waals surface area contributed by atoms with Crippen molar-refractivity contribution in [1.29, 1.82) is 0 Å². The summed E-state index contributed by atoms with van der Waals surface area (Å²) in [6.07, 6.45) is 4.15. The first-order chi connectivity index (χ1) is 8.24. The van der Waals surface area contributed by atoms with Crippen molar-refractivity contribution < 1.29 is 0 Å². The van der Waals surface area contributed by atoms with Crippen LogP contribution in [0.25, 0.3) is 0 Å². The number of aryl methyl sites for hydroxylation is 1. The molecule has 3 nitrogen and oxygen atoms in total. The van der Waals surface area contributed by atoms with Gasteiger partial charge in [-0.15, -0.1) is 0 Å². The smallest absolute Gasteiger partial charge is 0.133 e. The zero-order valence-corrected chi connectivity index (χ0v) is 10.9. The van der Waals surface area contributed by atoms with Gasteiger partial charge in [0.05, 0.1) is 0 Å².